The molecule has 3 atom stereocenters. The first kappa shape index (κ1) is 20.9. The minimum Gasteiger partial charge on any atom is -0.497 e. The molecule has 3 unspecified atom stereocenters. The van der Waals surface area contributed by atoms with Crippen molar-refractivity contribution in [1.82, 2.24) is 4.90 Å². The molecule has 0 saturated carbocycles. The van der Waals surface area contributed by atoms with Gasteiger partial charge in [-0.15, -0.1) is 0 Å². The average molecular weight is 410 g/mol. The molecule has 0 aromatic heterocycles. The number of benzene rings is 2. The molecule has 2 heterocycles. The van der Waals surface area contributed by atoms with Gasteiger partial charge in [-0.1, -0.05) is 42.5 Å². The Morgan fingerprint density at radius 1 is 1.07 bits per heavy atom. The van der Waals surface area contributed by atoms with Crippen LogP contribution in [0.4, 0.5) is 0 Å². The molecule has 30 heavy (non-hydrogen) atoms. The van der Waals surface area contributed by atoms with E-state index in [-0.39, 0.29) is 18.7 Å². The first-order valence-corrected chi connectivity index (χ1v) is 10.8. The van der Waals surface area contributed by atoms with E-state index in [1.165, 1.54) is 12.8 Å². The highest BCUT2D eigenvalue weighted by Crippen LogP contribution is 2.37. The number of carbonyl (C=O) groups excluding carboxylic acids is 1. The third-order valence-electron chi connectivity index (χ3n) is 6.98. The molecule has 160 valence electrons. The van der Waals surface area contributed by atoms with Gasteiger partial charge >= 0.3 is 5.97 Å². The van der Waals surface area contributed by atoms with Gasteiger partial charge in [0.25, 0.3) is 0 Å². The van der Waals surface area contributed by atoms with Crippen LogP contribution in [0.25, 0.3) is 0 Å². The van der Waals surface area contributed by atoms with Crippen LogP contribution >= 0.6 is 0 Å². The molecular formula is C25H31NO4. The predicted molar refractivity (Wildman–Crippen MR) is 116 cm³/mol. The van der Waals surface area contributed by atoms with Crippen LogP contribution in [0.15, 0.2) is 54.6 Å². The molecule has 2 saturated heterocycles. The van der Waals surface area contributed by atoms with Crippen LogP contribution in [0.1, 0.15) is 36.8 Å². The number of rotatable bonds is 7. The van der Waals surface area contributed by atoms with Crippen molar-refractivity contribution >= 4 is 5.97 Å². The Morgan fingerprint density at radius 3 is 2.27 bits per heavy atom. The van der Waals surface area contributed by atoms with Crippen LogP contribution in [-0.2, 0) is 21.4 Å². The zero-order chi connectivity index (χ0) is 21.1. The molecular weight excluding hydrogens is 378 g/mol. The van der Waals surface area contributed by atoms with Gasteiger partial charge in [-0.25, -0.2) is 0 Å². The van der Waals surface area contributed by atoms with Crippen molar-refractivity contribution in [1.29, 1.82) is 0 Å². The molecule has 5 heteroatoms. The molecule has 5 nitrogen and oxygen atoms in total. The second-order valence-electron chi connectivity index (χ2n) is 8.68. The Balaban J connectivity index is 1.60. The van der Waals surface area contributed by atoms with Crippen LogP contribution < -0.4 is 4.74 Å². The van der Waals surface area contributed by atoms with Crippen LogP contribution in [0, 0.1) is 0 Å². The van der Waals surface area contributed by atoms with E-state index in [9.17, 15) is 9.90 Å². The number of aliphatic hydroxyl groups excluding tert-OH is 1. The van der Waals surface area contributed by atoms with Crippen molar-refractivity contribution in [3.63, 3.8) is 0 Å². The number of methoxy groups -OCH3 is 1. The summed E-state index contributed by atoms with van der Waals surface area (Å²) in [5.74, 6) is 0.429. The Morgan fingerprint density at radius 2 is 1.70 bits per heavy atom. The summed E-state index contributed by atoms with van der Waals surface area (Å²) in [6.45, 7) is -0.304. The molecule has 0 radical (unpaired) electrons. The minimum atomic E-state index is -1.13. The summed E-state index contributed by atoms with van der Waals surface area (Å²) in [5.41, 5.74) is 0.608. The number of aliphatic hydroxyl groups is 1. The lowest BCUT2D eigenvalue weighted by atomic mass is 9.76. The zero-order valence-electron chi connectivity index (χ0n) is 17.8. The number of esters is 1. The molecule has 4 rings (SSSR count). The second kappa shape index (κ2) is 8.78. The van der Waals surface area contributed by atoms with Crippen molar-refractivity contribution in [2.75, 3.05) is 20.8 Å². The lowest BCUT2D eigenvalue weighted by molar-refractivity contribution is -0.161. The molecule has 2 aromatic carbocycles. The van der Waals surface area contributed by atoms with E-state index in [1.807, 2.05) is 54.6 Å². The van der Waals surface area contributed by atoms with E-state index in [4.69, 9.17) is 9.47 Å². The van der Waals surface area contributed by atoms with Crippen molar-refractivity contribution in [3.05, 3.63) is 65.7 Å². The van der Waals surface area contributed by atoms with Gasteiger partial charge in [0.1, 0.15) is 17.3 Å². The first-order valence-electron chi connectivity index (χ1n) is 10.8. The average Bonchev–Trinajstić information content (AvgIpc) is 2.99. The third kappa shape index (κ3) is 3.96. The smallest absolute Gasteiger partial charge is 0.319 e. The van der Waals surface area contributed by atoms with Crippen LogP contribution in [0.5, 0.6) is 5.75 Å². The van der Waals surface area contributed by atoms with E-state index in [2.05, 4.69) is 11.9 Å². The summed E-state index contributed by atoms with van der Waals surface area (Å²) in [6, 6.07) is 18.1. The largest absolute Gasteiger partial charge is 0.497 e. The van der Waals surface area contributed by atoms with Gasteiger partial charge in [-0.3, -0.25) is 4.79 Å². The summed E-state index contributed by atoms with van der Waals surface area (Å²) in [4.78, 5) is 16.0. The molecule has 0 spiro atoms. The Hall–Kier alpha value is -2.37. The van der Waals surface area contributed by atoms with Gasteiger partial charge in [0.2, 0.25) is 0 Å². The fourth-order valence-electron chi connectivity index (χ4n) is 5.07. The van der Waals surface area contributed by atoms with E-state index in [0.717, 1.165) is 29.7 Å². The lowest BCUT2D eigenvalue weighted by Crippen LogP contribution is -2.48. The highest BCUT2D eigenvalue weighted by atomic mass is 16.5. The molecule has 2 fully saturated rings. The summed E-state index contributed by atoms with van der Waals surface area (Å²) in [6.07, 6.45) is 4.37. The highest BCUT2D eigenvalue weighted by molar-refractivity contribution is 5.84. The van der Waals surface area contributed by atoms with Crippen LogP contribution in [0.2, 0.25) is 0 Å². The van der Waals surface area contributed by atoms with Crippen molar-refractivity contribution in [2.45, 2.75) is 55.7 Å². The molecule has 0 aliphatic carbocycles. The summed E-state index contributed by atoms with van der Waals surface area (Å²) in [7, 11) is 3.80. The summed E-state index contributed by atoms with van der Waals surface area (Å²) in [5, 5.41) is 10.5. The Bertz CT molecular complexity index is 839. The highest BCUT2D eigenvalue weighted by Gasteiger charge is 2.45. The monoisotopic (exact) mass is 409 g/mol. The normalized spacial score (nSPS) is 25.5. The fraction of sp³-hybridized carbons (Fsp3) is 0.480. The van der Waals surface area contributed by atoms with Crippen LogP contribution in [-0.4, -0.2) is 54.9 Å². The van der Waals surface area contributed by atoms with E-state index >= 15 is 0 Å². The predicted octanol–water partition coefficient (Wildman–Crippen LogP) is 3.34. The Kier molecular flexibility index (Phi) is 6.11. The quantitative estimate of drug-likeness (QED) is 0.711. The molecule has 2 bridgehead atoms. The maximum atomic E-state index is 13.6. The van der Waals surface area contributed by atoms with Crippen molar-refractivity contribution in [2.24, 2.45) is 0 Å². The number of carbonyl (C=O) groups is 1. The molecule has 2 aromatic rings. The van der Waals surface area contributed by atoms with Gasteiger partial charge in [-0.2, -0.15) is 0 Å². The number of piperidine rings is 1. The van der Waals surface area contributed by atoms with Crippen LogP contribution in [0.3, 0.4) is 0 Å². The van der Waals surface area contributed by atoms with Gasteiger partial charge in [0.15, 0.2) is 0 Å². The zero-order valence-corrected chi connectivity index (χ0v) is 17.8. The fourth-order valence-corrected chi connectivity index (χ4v) is 5.07. The summed E-state index contributed by atoms with van der Waals surface area (Å²) < 4.78 is 11.3. The van der Waals surface area contributed by atoms with Gasteiger partial charge in [0.05, 0.1) is 13.7 Å². The third-order valence-corrected chi connectivity index (χ3v) is 6.98. The molecule has 2 aliphatic rings. The second-order valence-corrected chi connectivity index (χ2v) is 8.68. The van der Waals surface area contributed by atoms with Gasteiger partial charge < -0.3 is 19.5 Å². The SMILES string of the molecule is COc1ccc(CC(CO)(C(=O)OC2CC3CCC(C2)N3C)c2ccccc2)cc1. The molecule has 0 amide bonds. The number of fused-ring (bicyclic) bond motifs is 2. The van der Waals surface area contributed by atoms with E-state index in [1.54, 1.807) is 7.11 Å². The number of hydrogen-bond donors (Lipinski definition) is 1. The minimum absolute atomic E-state index is 0.0864. The maximum absolute atomic E-state index is 13.6. The summed E-state index contributed by atoms with van der Waals surface area (Å²) >= 11 is 0. The number of ether oxygens (including phenoxy) is 2. The van der Waals surface area contributed by atoms with E-state index < -0.39 is 5.41 Å². The lowest BCUT2D eigenvalue weighted by Gasteiger charge is -2.38. The maximum Gasteiger partial charge on any atom is 0.319 e. The van der Waals surface area contributed by atoms with Crippen molar-refractivity contribution in [3.8, 4) is 5.75 Å². The Labute approximate surface area is 178 Å². The molecule has 1 N–H and O–H groups in total. The van der Waals surface area contributed by atoms with Gasteiger partial charge in [-0.05, 0) is 62.4 Å². The molecule has 2 aliphatic heterocycles. The first-order chi connectivity index (χ1) is 14.6. The van der Waals surface area contributed by atoms with E-state index in [0.29, 0.717) is 18.5 Å². The van der Waals surface area contributed by atoms with Gasteiger partial charge in [0, 0.05) is 12.1 Å². The van der Waals surface area contributed by atoms with Crippen molar-refractivity contribution < 1.29 is 19.4 Å². The standard InChI is InChI=1S/C25H31NO4/c1-26-20-10-11-21(26)15-23(14-20)30-24(28)25(17-27,19-6-4-3-5-7-19)16-18-8-12-22(29-2)13-9-18/h3-9,12-13,20-21,23,27H,10-11,14-17H2,1-2H3. The topological polar surface area (TPSA) is 59.0 Å². The number of hydrogen-bond acceptors (Lipinski definition) is 5. The number of nitrogens with zero attached hydrogens (tertiary/aromatic N) is 1.